The molecule has 0 aromatic carbocycles. The molecule has 0 bridgehead atoms. The van der Waals surface area contributed by atoms with Crippen LogP contribution in [0.25, 0.3) is 0 Å². The maximum Gasteiger partial charge on any atom is 0.256 e. The Morgan fingerprint density at radius 3 is 2.00 bits per heavy atom. The topological polar surface area (TPSA) is 26.0 Å². The van der Waals surface area contributed by atoms with E-state index in [0.717, 1.165) is 6.42 Å². The Morgan fingerprint density at radius 1 is 1.55 bits per heavy atom. The second kappa shape index (κ2) is 2.16. The minimum atomic E-state index is -2.41. The normalized spacial score (nSPS) is 33.5. The van der Waals surface area contributed by atoms with E-state index >= 15 is 0 Å². The molecule has 0 aliphatic heterocycles. The van der Waals surface area contributed by atoms with E-state index in [4.69, 9.17) is 5.73 Å². The van der Waals surface area contributed by atoms with Gasteiger partial charge in [0.2, 0.25) is 0 Å². The summed E-state index contributed by atoms with van der Waals surface area (Å²) in [7, 11) is 0. The number of nitrogens with two attached hydrogens (primary N) is 1. The molecule has 1 fully saturated rings. The largest absolute Gasteiger partial charge is 0.320 e. The molecule has 1 aliphatic carbocycles. The van der Waals surface area contributed by atoms with Gasteiger partial charge in [0, 0.05) is 0 Å². The van der Waals surface area contributed by atoms with E-state index in [0.29, 0.717) is 0 Å². The Bertz CT molecular complexity index is 163. The Morgan fingerprint density at radius 2 is 1.91 bits per heavy atom. The van der Waals surface area contributed by atoms with E-state index in [1.807, 2.05) is 13.8 Å². The molecule has 0 spiro atoms. The highest BCUT2D eigenvalue weighted by molar-refractivity contribution is 5.08. The second-order valence-corrected chi connectivity index (χ2v) is 4.41. The highest BCUT2D eigenvalue weighted by Crippen LogP contribution is 2.57. The van der Waals surface area contributed by atoms with Crippen LogP contribution in [0.2, 0.25) is 0 Å². The van der Waals surface area contributed by atoms with Gasteiger partial charge in [0.05, 0.1) is 5.54 Å². The van der Waals surface area contributed by atoms with Crippen LogP contribution in [0.5, 0.6) is 0 Å². The van der Waals surface area contributed by atoms with Gasteiger partial charge in [-0.2, -0.15) is 0 Å². The summed E-state index contributed by atoms with van der Waals surface area (Å²) < 4.78 is 24.6. The van der Waals surface area contributed by atoms with Crippen LogP contribution in [0.15, 0.2) is 0 Å². The number of hydrogen-bond donors (Lipinski definition) is 1. The van der Waals surface area contributed by atoms with Crippen molar-refractivity contribution < 1.29 is 8.78 Å². The first-order chi connectivity index (χ1) is 4.78. The van der Waals surface area contributed by atoms with Crippen LogP contribution < -0.4 is 5.73 Å². The molecule has 0 saturated heterocycles. The summed E-state index contributed by atoms with van der Waals surface area (Å²) in [5, 5.41) is 0. The predicted molar refractivity (Wildman–Crippen MR) is 40.5 cm³/mol. The lowest BCUT2D eigenvalue weighted by molar-refractivity contribution is 0.0444. The molecule has 66 valence electrons. The fourth-order valence-corrected chi connectivity index (χ4v) is 1.68. The van der Waals surface area contributed by atoms with Gasteiger partial charge in [0.1, 0.15) is 0 Å². The van der Waals surface area contributed by atoms with Crippen LogP contribution >= 0.6 is 0 Å². The van der Waals surface area contributed by atoms with Crippen molar-refractivity contribution in [1.29, 1.82) is 0 Å². The third-order valence-electron chi connectivity index (χ3n) is 2.73. The average molecular weight is 163 g/mol. The predicted octanol–water partition coefficient (Wildman–Crippen LogP) is 2.01. The average Bonchev–Trinajstić information content (AvgIpc) is 2.40. The minimum absolute atomic E-state index is 0.0185. The van der Waals surface area contributed by atoms with E-state index in [-0.39, 0.29) is 11.3 Å². The summed E-state index contributed by atoms with van der Waals surface area (Å²) in [5.74, 6) is -0.0185. The number of alkyl halides is 2. The van der Waals surface area contributed by atoms with E-state index in [9.17, 15) is 8.78 Å². The van der Waals surface area contributed by atoms with Gasteiger partial charge in [-0.05, 0) is 24.7 Å². The SMILES string of the molecule is CC1(C)CC1C(C)(N)C(F)F. The molecule has 2 N–H and O–H groups in total. The second-order valence-electron chi connectivity index (χ2n) is 4.41. The van der Waals surface area contributed by atoms with E-state index in [1.165, 1.54) is 6.92 Å². The fourth-order valence-electron chi connectivity index (χ4n) is 1.68. The van der Waals surface area contributed by atoms with E-state index < -0.39 is 12.0 Å². The zero-order chi connectivity index (χ0) is 8.86. The van der Waals surface area contributed by atoms with Crippen molar-refractivity contribution in [2.75, 3.05) is 0 Å². The van der Waals surface area contributed by atoms with Gasteiger partial charge in [-0.1, -0.05) is 13.8 Å². The summed E-state index contributed by atoms with van der Waals surface area (Å²) in [4.78, 5) is 0. The van der Waals surface area contributed by atoms with Gasteiger partial charge >= 0.3 is 0 Å². The summed E-state index contributed by atoms with van der Waals surface area (Å²) in [6.07, 6.45) is -1.58. The zero-order valence-corrected chi connectivity index (χ0v) is 7.20. The molecule has 11 heavy (non-hydrogen) atoms. The van der Waals surface area contributed by atoms with Gasteiger partial charge in [-0.25, -0.2) is 8.78 Å². The van der Waals surface area contributed by atoms with Gasteiger partial charge in [-0.3, -0.25) is 0 Å². The highest BCUT2D eigenvalue weighted by atomic mass is 19.3. The maximum absolute atomic E-state index is 12.3. The van der Waals surface area contributed by atoms with Crippen LogP contribution in [-0.4, -0.2) is 12.0 Å². The first-order valence-electron chi connectivity index (χ1n) is 3.85. The lowest BCUT2D eigenvalue weighted by Gasteiger charge is -2.25. The smallest absolute Gasteiger partial charge is 0.256 e. The number of halogens is 2. The molecular formula is C8H15F2N. The number of rotatable bonds is 2. The lowest BCUT2D eigenvalue weighted by Crippen LogP contribution is -2.47. The molecule has 0 heterocycles. The molecule has 1 aliphatic rings. The van der Waals surface area contributed by atoms with Crippen LogP contribution in [0.1, 0.15) is 27.2 Å². The summed E-state index contributed by atoms with van der Waals surface area (Å²) >= 11 is 0. The Hall–Kier alpha value is -0.180. The summed E-state index contributed by atoms with van der Waals surface area (Å²) in [6.45, 7) is 5.40. The Kier molecular flexibility index (Phi) is 1.75. The minimum Gasteiger partial charge on any atom is -0.320 e. The van der Waals surface area contributed by atoms with Crippen LogP contribution in [0.4, 0.5) is 8.78 Å². The van der Waals surface area contributed by atoms with E-state index in [1.54, 1.807) is 0 Å². The molecule has 0 aromatic rings. The van der Waals surface area contributed by atoms with Gasteiger partial charge < -0.3 is 5.73 Å². The van der Waals surface area contributed by atoms with Gasteiger partial charge in [-0.15, -0.1) is 0 Å². The molecule has 3 heteroatoms. The third-order valence-corrected chi connectivity index (χ3v) is 2.73. The summed E-state index contributed by atoms with van der Waals surface area (Å²) in [6, 6.07) is 0. The fraction of sp³-hybridized carbons (Fsp3) is 1.00. The first-order valence-corrected chi connectivity index (χ1v) is 3.85. The van der Waals surface area contributed by atoms with Crippen molar-refractivity contribution in [1.82, 2.24) is 0 Å². The molecule has 1 saturated carbocycles. The third kappa shape index (κ3) is 1.39. The summed E-state index contributed by atoms with van der Waals surface area (Å²) in [5.41, 5.74) is 4.23. The molecule has 0 radical (unpaired) electrons. The molecule has 0 aromatic heterocycles. The van der Waals surface area contributed by atoms with Crippen molar-refractivity contribution in [3.8, 4) is 0 Å². The van der Waals surface area contributed by atoms with Crippen LogP contribution in [-0.2, 0) is 0 Å². The zero-order valence-electron chi connectivity index (χ0n) is 7.20. The molecule has 1 rings (SSSR count). The van der Waals surface area contributed by atoms with Gasteiger partial charge in [0.15, 0.2) is 0 Å². The van der Waals surface area contributed by atoms with Crippen molar-refractivity contribution in [2.24, 2.45) is 17.1 Å². The molecule has 0 amide bonds. The van der Waals surface area contributed by atoms with Crippen LogP contribution in [0.3, 0.4) is 0 Å². The van der Waals surface area contributed by atoms with Crippen LogP contribution in [0, 0.1) is 11.3 Å². The van der Waals surface area contributed by atoms with Crippen molar-refractivity contribution in [2.45, 2.75) is 39.2 Å². The van der Waals surface area contributed by atoms with Crippen molar-refractivity contribution >= 4 is 0 Å². The maximum atomic E-state index is 12.3. The van der Waals surface area contributed by atoms with E-state index in [2.05, 4.69) is 0 Å². The van der Waals surface area contributed by atoms with Crippen molar-refractivity contribution in [3.05, 3.63) is 0 Å². The highest BCUT2D eigenvalue weighted by Gasteiger charge is 2.57. The Labute approximate surface area is 66.0 Å². The van der Waals surface area contributed by atoms with Gasteiger partial charge in [0.25, 0.3) is 6.43 Å². The first kappa shape index (κ1) is 8.91. The van der Waals surface area contributed by atoms with Crippen molar-refractivity contribution in [3.63, 3.8) is 0 Å². The molecular weight excluding hydrogens is 148 g/mol. The quantitative estimate of drug-likeness (QED) is 0.662. The standard InChI is InChI=1S/C8H15F2N/c1-7(2)4-5(7)8(3,11)6(9)10/h5-6H,4,11H2,1-3H3. The Balaban J connectivity index is 2.62. The lowest BCUT2D eigenvalue weighted by atomic mass is 9.92. The molecule has 2 atom stereocenters. The molecule has 2 unspecified atom stereocenters. The monoisotopic (exact) mass is 163 g/mol. The molecule has 1 nitrogen and oxygen atoms in total. The number of hydrogen-bond acceptors (Lipinski definition) is 1.